The highest BCUT2D eigenvalue weighted by atomic mass is 15.3. The fourth-order valence-corrected chi connectivity index (χ4v) is 2.61. The summed E-state index contributed by atoms with van der Waals surface area (Å²) >= 11 is 0. The topological polar surface area (TPSA) is 29.3 Å². The van der Waals surface area contributed by atoms with E-state index in [-0.39, 0.29) is 0 Å². The van der Waals surface area contributed by atoms with Crippen LogP contribution in [0, 0.1) is 11.3 Å². The van der Waals surface area contributed by atoms with Gasteiger partial charge in [-0.3, -0.25) is 4.90 Å². The number of likely N-dealkylation sites (tertiary alicyclic amines) is 1. The Morgan fingerprint density at radius 1 is 1.38 bits per heavy atom. The van der Waals surface area contributed by atoms with E-state index in [9.17, 15) is 0 Å². The Hall–Kier alpha value is -0.0800. The summed E-state index contributed by atoms with van der Waals surface area (Å²) in [6.45, 7) is 10.3. The Morgan fingerprint density at radius 2 is 1.92 bits per heavy atom. The standard InChI is InChI=1S/C11H22N2/c1-10(2)7-13(8-10)11(3,6-12)9-4-5-9/h9H,4-8,12H2,1-3H3. The lowest BCUT2D eigenvalue weighted by Crippen LogP contribution is -2.65. The van der Waals surface area contributed by atoms with Crippen LogP contribution in [0.25, 0.3) is 0 Å². The lowest BCUT2D eigenvalue weighted by molar-refractivity contribution is -0.0585. The minimum absolute atomic E-state index is 0.315. The molecule has 0 aromatic carbocycles. The monoisotopic (exact) mass is 182 g/mol. The van der Waals surface area contributed by atoms with Gasteiger partial charge in [0.2, 0.25) is 0 Å². The molecule has 0 aromatic heterocycles. The zero-order valence-electron chi connectivity index (χ0n) is 9.14. The maximum Gasteiger partial charge on any atom is 0.0332 e. The van der Waals surface area contributed by atoms with Gasteiger partial charge in [-0.2, -0.15) is 0 Å². The highest BCUT2D eigenvalue weighted by Gasteiger charge is 2.50. The van der Waals surface area contributed by atoms with Crippen molar-refractivity contribution in [3.8, 4) is 0 Å². The molecule has 2 heteroatoms. The van der Waals surface area contributed by atoms with E-state index in [0.29, 0.717) is 11.0 Å². The summed E-state index contributed by atoms with van der Waals surface area (Å²) in [6.07, 6.45) is 2.79. The van der Waals surface area contributed by atoms with Crippen LogP contribution in [-0.4, -0.2) is 30.1 Å². The second-order valence-electron chi connectivity index (χ2n) is 5.86. The van der Waals surface area contributed by atoms with Crippen LogP contribution < -0.4 is 5.73 Å². The van der Waals surface area contributed by atoms with Gasteiger partial charge < -0.3 is 5.73 Å². The molecular weight excluding hydrogens is 160 g/mol. The van der Waals surface area contributed by atoms with Crippen molar-refractivity contribution in [2.24, 2.45) is 17.1 Å². The minimum Gasteiger partial charge on any atom is -0.329 e. The van der Waals surface area contributed by atoms with Crippen LogP contribution >= 0.6 is 0 Å². The van der Waals surface area contributed by atoms with Crippen molar-refractivity contribution in [1.82, 2.24) is 4.90 Å². The molecule has 1 saturated carbocycles. The summed E-state index contributed by atoms with van der Waals surface area (Å²) in [7, 11) is 0. The molecule has 76 valence electrons. The molecule has 2 aliphatic rings. The van der Waals surface area contributed by atoms with Gasteiger partial charge in [0, 0.05) is 25.2 Å². The third-order valence-corrected chi connectivity index (χ3v) is 3.83. The molecule has 13 heavy (non-hydrogen) atoms. The molecule has 0 aromatic rings. The van der Waals surface area contributed by atoms with Gasteiger partial charge in [-0.05, 0) is 31.1 Å². The molecule has 2 fully saturated rings. The lowest BCUT2D eigenvalue weighted by Gasteiger charge is -2.55. The van der Waals surface area contributed by atoms with Crippen molar-refractivity contribution in [2.45, 2.75) is 39.2 Å². The summed E-state index contributed by atoms with van der Waals surface area (Å²) < 4.78 is 0. The lowest BCUT2D eigenvalue weighted by atomic mass is 9.78. The van der Waals surface area contributed by atoms with E-state index in [1.165, 1.54) is 25.9 Å². The normalized spacial score (nSPS) is 32.3. The van der Waals surface area contributed by atoms with Crippen molar-refractivity contribution in [1.29, 1.82) is 0 Å². The predicted octanol–water partition coefficient (Wildman–Crippen LogP) is 1.46. The van der Waals surface area contributed by atoms with E-state index in [2.05, 4.69) is 25.7 Å². The first-order valence-corrected chi connectivity index (χ1v) is 5.43. The van der Waals surface area contributed by atoms with E-state index < -0.39 is 0 Å². The van der Waals surface area contributed by atoms with Crippen molar-refractivity contribution in [3.05, 3.63) is 0 Å². The Bertz CT molecular complexity index is 200. The van der Waals surface area contributed by atoms with Crippen LogP contribution in [0.3, 0.4) is 0 Å². The number of hydrogen-bond donors (Lipinski definition) is 1. The van der Waals surface area contributed by atoms with Crippen LogP contribution in [0.2, 0.25) is 0 Å². The van der Waals surface area contributed by atoms with Gasteiger partial charge >= 0.3 is 0 Å². The van der Waals surface area contributed by atoms with E-state index >= 15 is 0 Å². The average Bonchev–Trinajstić information content (AvgIpc) is 2.81. The largest absolute Gasteiger partial charge is 0.329 e. The molecular formula is C11H22N2. The predicted molar refractivity (Wildman–Crippen MR) is 55.5 cm³/mol. The Kier molecular flexibility index (Phi) is 1.97. The molecule has 1 aliphatic heterocycles. The molecule has 2 nitrogen and oxygen atoms in total. The van der Waals surface area contributed by atoms with E-state index in [1.54, 1.807) is 0 Å². The summed E-state index contributed by atoms with van der Waals surface area (Å²) in [4.78, 5) is 2.59. The molecule has 1 saturated heterocycles. The van der Waals surface area contributed by atoms with Gasteiger partial charge in [-0.15, -0.1) is 0 Å². The second-order valence-corrected chi connectivity index (χ2v) is 5.86. The first kappa shape index (κ1) is 9.47. The number of rotatable bonds is 3. The van der Waals surface area contributed by atoms with Crippen molar-refractivity contribution in [3.63, 3.8) is 0 Å². The van der Waals surface area contributed by atoms with Crippen molar-refractivity contribution < 1.29 is 0 Å². The van der Waals surface area contributed by atoms with Crippen LogP contribution in [0.15, 0.2) is 0 Å². The minimum atomic E-state index is 0.315. The first-order valence-electron chi connectivity index (χ1n) is 5.43. The van der Waals surface area contributed by atoms with Crippen LogP contribution in [0.1, 0.15) is 33.6 Å². The number of nitrogens with zero attached hydrogens (tertiary/aromatic N) is 1. The van der Waals surface area contributed by atoms with E-state index in [0.717, 1.165) is 12.5 Å². The molecule has 1 unspecified atom stereocenters. The summed E-state index contributed by atoms with van der Waals surface area (Å²) in [5, 5.41) is 0. The Morgan fingerprint density at radius 3 is 2.23 bits per heavy atom. The molecule has 1 aliphatic carbocycles. The summed E-state index contributed by atoms with van der Waals surface area (Å²) in [6, 6.07) is 0. The van der Waals surface area contributed by atoms with Crippen LogP contribution in [0.5, 0.6) is 0 Å². The van der Waals surface area contributed by atoms with Crippen molar-refractivity contribution >= 4 is 0 Å². The van der Waals surface area contributed by atoms with Crippen LogP contribution in [-0.2, 0) is 0 Å². The highest BCUT2D eigenvalue weighted by Crippen LogP contribution is 2.46. The molecule has 0 spiro atoms. The fourth-order valence-electron chi connectivity index (χ4n) is 2.61. The van der Waals surface area contributed by atoms with Crippen LogP contribution in [0.4, 0.5) is 0 Å². The summed E-state index contributed by atoms with van der Waals surface area (Å²) in [5.74, 6) is 0.883. The van der Waals surface area contributed by atoms with Gasteiger partial charge in [-0.25, -0.2) is 0 Å². The molecule has 0 amide bonds. The van der Waals surface area contributed by atoms with E-state index in [4.69, 9.17) is 5.73 Å². The smallest absolute Gasteiger partial charge is 0.0332 e. The third kappa shape index (κ3) is 1.50. The third-order valence-electron chi connectivity index (χ3n) is 3.83. The van der Waals surface area contributed by atoms with Crippen molar-refractivity contribution in [2.75, 3.05) is 19.6 Å². The SMILES string of the molecule is CC1(C)CN(C(C)(CN)C2CC2)C1. The van der Waals surface area contributed by atoms with Gasteiger partial charge in [0.15, 0.2) is 0 Å². The molecule has 1 atom stereocenters. The first-order chi connectivity index (χ1) is 5.98. The highest BCUT2D eigenvalue weighted by molar-refractivity contribution is 5.05. The zero-order valence-corrected chi connectivity index (χ0v) is 9.14. The molecule has 2 rings (SSSR count). The fraction of sp³-hybridized carbons (Fsp3) is 1.00. The van der Waals surface area contributed by atoms with Gasteiger partial charge in [-0.1, -0.05) is 13.8 Å². The maximum absolute atomic E-state index is 5.91. The maximum atomic E-state index is 5.91. The summed E-state index contributed by atoms with van der Waals surface area (Å²) in [5.41, 5.74) is 6.75. The quantitative estimate of drug-likeness (QED) is 0.716. The van der Waals surface area contributed by atoms with E-state index in [1.807, 2.05) is 0 Å². The molecule has 0 radical (unpaired) electrons. The Labute approximate surface area is 81.5 Å². The van der Waals surface area contributed by atoms with Gasteiger partial charge in [0.1, 0.15) is 0 Å². The second kappa shape index (κ2) is 2.71. The van der Waals surface area contributed by atoms with Gasteiger partial charge in [0.25, 0.3) is 0 Å². The zero-order chi connectivity index (χ0) is 9.69. The van der Waals surface area contributed by atoms with Gasteiger partial charge in [0.05, 0.1) is 0 Å². The number of hydrogen-bond acceptors (Lipinski definition) is 2. The molecule has 0 bridgehead atoms. The average molecular weight is 182 g/mol. The molecule has 1 heterocycles. The Balaban J connectivity index is 1.98. The number of nitrogens with two attached hydrogens (primary N) is 1. The molecule has 2 N–H and O–H groups in total.